The summed E-state index contributed by atoms with van der Waals surface area (Å²) in [6.07, 6.45) is 5.80. The van der Waals surface area contributed by atoms with Gasteiger partial charge in [-0.2, -0.15) is 0 Å². The van der Waals surface area contributed by atoms with Gasteiger partial charge in [0.25, 0.3) is 5.91 Å². The molecule has 0 heterocycles. The molecule has 110 valence electrons. The predicted molar refractivity (Wildman–Crippen MR) is 91.0 cm³/mol. The molecule has 0 bridgehead atoms. The quantitative estimate of drug-likeness (QED) is 0.804. The number of carbonyl (C=O) groups is 1. The maximum atomic E-state index is 12.8. The van der Waals surface area contributed by atoms with Gasteiger partial charge in [-0.25, -0.2) is 0 Å². The molecule has 1 N–H and O–H groups in total. The van der Waals surface area contributed by atoms with Crippen LogP contribution in [0.15, 0.2) is 42.5 Å². The van der Waals surface area contributed by atoms with Crippen LogP contribution in [0, 0.1) is 0 Å². The highest BCUT2D eigenvalue weighted by Gasteiger charge is 2.32. The van der Waals surface area contributed by atoms with E-state index in [1.165, 1.54) is 19.3 Å². The highest BCUT2D eigenvalue weighted by Crippen LogP contribution is 2.30. The number of nitrogens with one attached hydrogen (secondary N) is 1. The zero-order chi connectivity index (χ0) is 14.7. The van der Waals surface area contributed by atoms with E-state index in [-0.39, 0.29) is 11.4 Å². The van der Waals surface area contributed by atoms with Gasteiger partial charge >= 0.3 is 0 Å². The Morgan fingerprint density at radius 2 is 1.76 bits per heavy atom. The lowest BCUT2D eigenvalue weighted by Crippen LogP contribution is -2.51. The van der Waals surface area contributed by atoms with Gasteiger partial charge in [0.2, 0.25) is 0 Å². The van der Waals surface area contributed by atoms with Crippen LogP contribution in [-0.2, 0) is 0 Å². The van der Waals surface area contributed by atoms with Crippen molar-refractivity contribution in [2.24, 2.45) is 0 Å². The summed E-state index contributed by atoms with van der Waals surface area (Å²) in [5.41, 5.74) is 0.700. The monoisotopic (exact) mass is 345 g/mol. The van der Waals surface area contributed by atoms with Crippen molar-refractivity contribution in [2.45, 2.75) is 37.6 Å². The molecule has 0 unspecified atom stereocenters. The normalized spacial score (nSPS) is 17.6. The van der Waals surface area contributed by atoms with Crippen LogP contribution >= 0.6 is 15.9 Å². The van der Waals surface area contributed by atoms with E-state index in [0.717, 1.165) is 34.5 Å². The summed E-state index contributed by atoms with van der Waals surface area (Å²) in [5, 5.41) is 6.27. The molecule has 21 heavy (non-hydrogen) atoms. The number of amides is 1. The summed E-state index contributed by atoms with van der Waals surface area (Å²) < 4.78 is 0. The molecule has 0 radical (unpaired) electrons. The highest BCUT2D eigenvalue weighted by atomic mass is 79.9. The van der Waals surface area contributed by atoms with Crippen LogP contribution in [0.1, 0.15) is 42.5 Å². The van der Waals surface area contributed by atoms with Crippen molar-refractivity contribution in [1.82, 2.24) is 5.32 Å². The zero-order valence-electron chi connectivity index (χ0n) is 12.1. The molecule has 0 aromatic heterocycles. The number of hydrogen-bond donors (Lipinski definition) is 1. The van der Waals surface area contributed by atoms with E-state index in [1.807, 2.05) is 42.5 Å². The first-order valence-corrected chi connectivity index (χ1v) is 8.72. The maximum Gasteiger partial charge on any atom is 0.252 e. The Hall–Kier alpha value is -1.35. The molecule has 0 spiro atoms. The standard InChI is InChI=1S/C18H20BrNO/c19-13-18(11-4-1-5-12-18)20-17(21)16-10-6-8-14-7-2-3-9-15(14)16/h2-3,6-10H,1,4-5,11-13H2,(H,20,21). The third kappa shape index (κ3) is 2.98. The van der Waals surface area contributed by atoms with E-state index in [2.05, 4.69) is 21.2 Å². The van der Waals surface area contributed by atoms with Gasteiger partial charge in [0, 0.05) is 10.9 Å². The van der Waals surface area contributed by atoms with Gasteiger partial charge in [-0.3, -0.25) is 4.79 Å². The zero-order valence-corrected chi connectivity index (χ0v) is 13.7. The highest BCUT2D eigenvalue weighted by molar-refractivity contribution is 9.09. The van der Waals surface area contributed by atoms with Gasteiger partial charge in [0.1, 0.15) is 0 Å². The fourth-order valence-corrected chi connectivity index (χ4v) is 3.95. The molecule has 0 saturated heterocycles. The minimum Gasteiger partial charge on any atom is -0.346 e. The third-order valence-electron chi connectivity index (χ3n) is 4.48. The predicted octanol–water partition coefficient (Wildman–Crippen LogP) is 4.67. The van der Waals surface area contributed by atoms with Crippen LogP contribution in [0.3, 0.4) is 0 Å². The molecule has 3 rings (SSSR count). The molecule has 2 nitrogen and oxygen atoms in total. The molecule has 0 aliphatic heterocycles. The topological polar surface area (TPSA) is 29.1 Å². The van der Waals surface area contributed by atoms with Gasteiger partial charge in [-0.15, -0.1) is 0 Å². The molecular formula is C18H20BrNO. The van der Waals surface area contributed by atoms with Crippen molar-refractivity contribution >= 4 is 32.6 Å². The van der Waals surface area contributed by atoms with Crippen molar-refractivity contribution in [3.8, 4) is 0 Å². The van der Waals surface area contributed by atoms with Crippen molar-refractivity contribution in [2.75, 3.05) is 5.33 Å². The van der Waals surface area contributed by atoms with Crippen LogP contribution in [0.2, 0.25) is 0 Å². The maximum absolute atomic E-state index is 12.8. The van der Waals surface area contributed by atoms with E-state index in [1.54, 1.807) is 0 Å². The Balaban J connectivity index is 1.90. The average molecular weight is 346 g/mol. The van der Waals surface area contributed by atoms with E-state index < -0.39 is 0 Å². The summed E-state index contributed by atoms with van der Waals surface area (Å²) in [6.45, 7) is 0. The van der Waals surface area contributed by atoms with Crippen LogP contribution < -0.4 is 5.32 Å². The molecule has 0 atom stereocenters. The van der Waals surface area contributed by atoms with Gasteiger partial charge in [0.15, 0.2) is 0 Å². The minimum absolute atomic E-state index is 0.0492. The lowest BCUT2D eigenvalue weighted by Gasteiger charge is -2.36. The van der Waals surface area contributed by atoms with Gasteiger partial charge in [-0.05, 0) is 29.7 Å². The molecule has 1 aliphatic rings. The van der Waals surface area contributed by atoms with E-state index in [0.29, 0.717) is 0 Å². The van der Waals surface area contributed by atoms with E-state index >= 15 is 0 Å². The largest absolute Gasteiger partial charge is 0.346 e. The molecule has 1 aliphatic carbocycles. The molecule has 2 aromatic rings. The second-order valence-corrected chi connectivity index (χ2v) is 6.52. The Morgan fingerprint density at radius 1 is 1.05 bits per heavy atom. The molecule has 3 heteroatoms. The van der Waals surface area contributed by atoms with Crippen LogP contribution in [0.5, 0.6) is 0 Å². The van der Waals surface area contributed by atoms with Crippen LogP contribution in [0.25, 0.3) is 10.8 Å². The molecule has 1 amide bonds. The number of hydrogen-bond acceptors (Lipinski definition) is 1. The van der Waals surface area contributed by atoms with Gasteiger partial charge in [-0.1, -0.05) is 71.6 Å². The smallest absolute Gasteiger partial charge is 0.252 e. The first kappa shape index (κ1) is 14.6. The second kappa shape index (κ2) is 6.18. The number of benzene rings is 2. The molecule has 1 fully saturated rings. The fourth-order valence-electron chi connectivity index (χ4n) is 3.25. The van der Waals surface area contributed by atoms with Crippen molar-refractivity contribution < 1.29 is 4.79 Å². The van der Waals surface area contributed by atoms with Crippen LogP contribution in [-0.4, -0.2) is 16.8 Å². The summed E-state index contributed by atoms with van der Waals surface area (Å²) in [4.78, 5) is 12.8. The second-order valence-electron chi connectivity index (χ2n) is 5.96. The van der Waals surface area contributed by atoms with Crippen molar-refractivity contribution in [3.05, 3.63) is 48.0 Å². The number of fused-ring (bicyclic) bond motifs is 1. The van der Waals surface area contributed by atoms with Gasteiger partial charge < -0.3 is 5.32 Å². The Kier molecular flexibility index (Phi) is 4.29. The lowest BCUT2D eigenvalue weighted by molar-refractivity contribution is 0.0888. The van der Waals surface area contributed by atoms with E-state index in [4.69, 9.17) is 0 Å². The average Bonchev–Trinajstić information content (AvgIpc) is 2.55. The SMILES string of the molecule is O=C(NC1(CBr)CCCCC1)c1cccc2ccccc12. The van der Waals surface area contributed by atoms with Crippen LogP contribution in [0.4, 0.5) is 0 Å². The number of halogens is 1. The first-order chi connectivity index (χ1) is 10.2. The number of carbonyl (C=O) groups excluding carboxylic acids is 1. The Morgan fingerprint density at radius 3 is 2.52 bits per heavy atom. The number of alkyl halides is 1. The van der Waals surface area contributed by atoms with Crippen molar-refractivity contribution in [1.29, 1.82) is 0 Å². The third-order valence-corrected chi connectivity index (χ3v) is 5.55. The first-order valence-electron chi connectivity index (χ1n) is 7.60. The van der Waals surface area contributed by atoms with E-state index in [9.17, 15) is 4.79 Å². The Bertz CT molecular complexity index is 641. The summed E-state index contributed by atoms with van der Waals surface area (Å²) in [6, 6.07) is 14.0. The minimum atomic E-state index is -0.0771. The van der Waals surface area contributed by atoms with Crippen molar-refractivity contribution in [3.63, 3.8) is 0 Å². The number of rotatable bonds is 3. The van der Waals surface area contributed by atoms with Gasteiger partial charge in [0.05, 0.1) is 5.54 Å². The summed E-state index contributed by atoms with van der Waals surface area (Å²) in [5.74, 6) is 0.0492. The lowest BCUT2D eigenvalue weighted by atomic mass is 9.83. The molecule has 1 saturated carbocycles. The fraction of sp³-hybridized carbons (Fsp3) is 0.389. The summed E-state index contributed by atoms with van der Waals surface area (Å²) in [7, 11) is 0. The summed E-state index contributed by atoms with van der Waals surface area (Å²) >= 11 is 3.60. The molecule has 2 aromatic carbocycles. The Labute approximate surface area is 134 Å². The molecular weight excluding hydrogens is 326 g/mol.